The molecule has 3 aromatic rings. The Hall–Kier alpha value is -13.4. The molecule has 10 atom stereocenters. The number of rotatable bonds is 53. The van der Waals surface area contributed by atoms with Gasteiger partial charge >= 0.3 is 11.9 Å². The molecule has 0 fully saturated rings. The molecule has 0 saturated carbocycles. The summed E-state index contributed by atoms with van der Waals surface area (Å²) in [5.41, 5.74) is 45.0. The summed E-state index contributed by atoms with van der Waals surface area (Å²) in [7, 11) is 0. The molecule has 45 nitrogen and oxygen atoms in total. The average Bonchev–Trinajstić information content (AvgIpc) is 1.58. The van der Waals surface area contributed by atoms with Crippen molar-refractivity contribution in [1.82, 2.24) is 74.1 Å². The highest BCUT2D eigenvalue weighted by Crippen LogP contribution is 2.20. The second-order valence-corrected chi connectivity index (χ2v) is 25.1. The quantitative estimate of drug-likeness (QED) is 0.0142. The molecule has 45 heteroatoms. The molecular formula is C66H95N23O22. The molecule has 0 saturated heterocycles. The van der Waals surface area contributed by atoms with Gasteiger partial charge in [0.05, 0.1) is 26.1 Å². The molecule has 0 spiro atoms. The summed E-state index contributed by atoms with van der Waals surface area (Å²) in [4.78, 5) is 266. The first kappa shape index (κ1) is 91.8. The van der Waals surface area contributed by atoms with Crippen LogP contribution in [0.2, 0.25) is 0 Å². The number of aromatic amines is 1. The van der Waals surface area contributed by atoms with E-state index in [-0.39, 0.29) is 32.2 Å². The fraction of sp³-hybridized carbons (Fsp3) is 0.470. The number of carbonyl (C=O) groups excluding carboxylic acids is 18. The van der Waals surface area contributed by atoms with Gasteiger partial charge in [0.15, 0.2) is 5.96 Å². The van der Waals surface area contributed by atoms with Gasteiger partial charge in [-0.25, -0.2) is 4.79 Å². The number of para-hydroxylation sites is 1. The normalized spacial score (nSPS) is 13.5. The molecular weight excluding hydrogens is 1470 g/mol. The van der Waals surface area contributed by atoms with Gasteiger partial charge in [-0.2, -0.15) is 0 Å². The van der Waals surface area contributed by atoms with Crippen LogP contribution in [0, 0.1) is 5.41 Å². The van der Waals surface area contributed by atoms with Crippen LogP contribution in [0.3, 0.4) is 0 Å². The summed E-state index contributed by atoms with van der Waals surface area (Å²) in [5, 5.41) is 56.5. The van der Waals surface area contributed by atoms with Gasteiger partial charge in [0.2, 0.25) is 106 Å². The Kier molecular flexibility index (Phi) is 39.1. The monoisotopic (exact) mass is 1560 g/mol. The molecule has 3 rings (SSSR count). The number of hydrogen-bond acceptors (Lipinski definition) is 22. The number of amides is 18. The van der Waals surface area contributed by atoms with Crippen molar-refractivity contribution in [3.05, 3.63) is 71.9 Å². The van der Waals surface area contributed by atoms with Crippen LogP contribution in [-0.4, -0.2) is 226 Å². The van der Waals surface area contributed by atoms with Gasteiger partial charge in [-0.05, 0) is 68.6 Å². The lowest BCUT2D eigenvalue weighted by molar-refractivity contribution is -0.147. The van der Waals surface area contributed by atoms with E-state index in [2.05, 4.69) is 68.8 Å². The second-order valence-electron chi connectivity index (χ2n) is 25.1. The third kappa shape index (κ3) is 35.7. The number of hydrogen-bond donors (Lipinski definition) is 25. The highest BCUT2D eigenvalue weighted by Gasteiger charge is 2.37. The van der Waals surface area contributed by atoms with Crippen LogP contribution in [0.4, 0.5) is 0 Å². The van der Waals surface area contributed by atoms with E-state index in [4.69, 9.17) is 56.4 Å². The van der Waals surface area contributed by atoms with Crippen molar-refractivity contribution in [2.45, 2.75) is 170 Å². The predicted octanol–water partition coefficient (Wildman–Crippen LogP) is -10.6. The molecule has 18 amide bonds. The minimum atomic E-state index is -1.95. The number of benzene rings is 2. The van der Waals surface area contributed by atoms with Gasteiger partial charge in [-0.1, -0.05) is 48.5 Å². The molecule has 2 aromatic carbocycles. The maximum atomic E-state index is 14.6. The molecule has 33 N–H and O–H groups in total. The van der Waals surface area contributed by atoms with Gasteiger partial charge in [0.25, 0.3) is 0 Å². The number of fused-ring (bicyclic) bond motifs is 1. The van der Waals surface area contributed by atoms with Crippen LogP contribution in [0.25, 0.3) is 10.9 Å². The van der Waals surface area contributed by atoms with Crippen molar-refractivity contribution in [1.29, 1.82) is 5.41 Å². The van der Waals surface area contributed by atoms with Crippen molar-refractivity contribution < 1.29 is 106 Å². The fourth-order valence-corrected chi connectivity index (χ4v) is 10.5. The average molecular weight is 1560 g/mol. The number of primary amides is 6. The Balaban J connectivity index is 1.99. The van der Waals surface area contributed by atoms with Crippen molar-refractivity contribution in [2.75, 3.05) is 26.2 Å². The number of H-pyrrole nitrogens is 1. The Morgan fingerprint density at radius 3 is 1.05 bits per heavy atom. The first-order valence-electron chi connectivity index (χ1n) is 34.4. The topological polar surface area (TPSA) is 786 Å². The molecule has 0 aliphatic carbocycles. The zero-order valence-electron chi connectivity index (χ0n) is 60.1. The van der Waals surface area contributed by atoms with Crippen LogP contribution in [0.1, 0.15) is 107 Å². The number of nitrogens with one attached hydrogen (secondary N) is 15. The van der Waals surface area contributed by atoms with E-state index in [0.717, 1.165) is 0 Å². The van der Waals surface area contributed by atoms with E-state index < -0.39 is 288 Å². The van der Waals surface area contributed by atoms with Crippen molar-refractivity contribution >= 4 is 135 Å². The van der Waals surface area contributed by atoms with Crippen molar-refractivity contribution in [3.63, 3.8) is 0 Å². The minimum absolute atomic E-state index is 0.0112. The maximum Gasteiger partial charge on any atom is 0.326 e. The van der Waals surface area contributed by atoms with Crippen molar-refractivity contribution in [3.8, 4) is 0 Å². The number of guanidine groups is 1. The number of carboxylic acids is 2. The highest BCUT2D eigenvalue weighted by atomic mass is 16.4. The first-order valence-corrected chi connectivity index (χ1v) is 34.4. The molecule has 0 bridgehead atoms. The van der Waals surface area contributed by atoms with E-state index >= 15 is 0 Å². The maximum absolute atomic E-state index is 14.6. The lowest BCUT2D eigenvalue weighted by Crippen LogP contribution is -2.60. The van der Waals surface area contributed by atoms with Crippen LogP contribution in [0.15, 0.2) is 60.8 Å². The first-order chi connectivity index (χ1) is 52.3. The van der Waals surface area contributed by atoms with E-state index in [1.165, 1.54) is 6.20 Å². The Morgan fingerprint density at radius 2 is 0.694 bits per heavy atom. The van der Waals surface area contributed by atoms with Gasteiger partial charge in [0.1, 0.15) is 60.4 Å². The third-order valence-electron chi connectivity index (χ3n) is 16.2. The molecule has 606 valence electrons. The smallest absolute Gasteiger partial charge is 0.326 e. The molecule has 1 aromatic heterocycles. The summed E-state index contributed by atoms with van der Waals surface area (Å²) in [6.45, 7) is -2.39. The summed E-state index contributed by atoms with van der Waals surface area (Å²) >= 11 is 0. The van der Waals surface area contributed by atoms with Gasteiger partial charge < -0.3 is 130 Å². The highest BCUT2D eigenvalue weighted by molar-refractivity contribution is 6.00. The van der Waals surface area contributed by atoms with E-state index in [1.807, 2.05) is 5.32 Å². The molecule has 1 heterocycles. The van der Waals surface area contributed by atoms with E-state index in [1.54, 1.807) is 54.6 Å². The molecule has 111 heavy (non-hydrogen) atoms. The van der Waals surface area contributed by atoms with Gasteiger partial charge in [-0.3, -0.25) is 96.5 Å². The lowest BCUT2D eigenvalue weighted by atomic mass is 10.0. The summed E-state index contributed by atoms with van der Waals surface area (Å²) in [6.07, 6.45) is -7.88. The van der Waals surface area contributed by atoms with Gasteiger partial charge in [0, 0.05) is 75.0 Å². The van der Waals surface area contributed by atoms with Crippen molar-refractivity contribution in [2.24, 2.45) is 45.9 Å². The van der Waals surface area contributed by atoms with Crippen LogP contribution in [-0.2, 0) is 109 Å². The lowest BCUT2D eigenvalue weighted by Gasteiger charge is -2.28. The molecule has 0 radical (unpaired) electrons. The molecule has 0 aliphatic heterocycles. The number of aliphatic carboxylic acids is 2. The van der Waals surface area contributed by atoms with Gasteiger partial charge in [-0.15, -0.1) is 0 Å². The van der Waals surface area contributed by atoms with Crippen LogP contribution >= 0.6 is 0 Å². The second kappa shape index (κ2) is 47.3. The summed E-state index contributed by atoms with van der Waals surface area (Å²) < 4.78 is 0. The number of carbonyl (C=O) groups is 20. The summed E-state index contributed by atoms with van der Waals surface area (Å²) in [6, 6.07) is -2.79. The SMILES string of the molecule is N=C(N)NCCC[C@H](NC(=O)CNC(=O)[C@H](Cc1c[nH]c2ccccc12)NC(=O)[C@H](CCC(N)=O)NC(=O)[C@H](CCC(N)=O)NC(=O)[C@H](CCC(N)=O)NC(=O)[C@H](CCC(N)=O)NC(=O)[C@H](CCC(N)=O)NC(=O)[C@H](CCC(N)=O)NC(=O)[C@H](Cc1ccccc1)NC(=O)CN)C(=O)NCC(=O)N[C@@H](CC(=O)O)C(=O)O. The third-order valence-corrected chi connectivity index (χ3v) is 16.2. The summed E-state index contributed by atoms with van der Waals surface area (Å²) in [5.74, 6) is -23.5. The van der Waals surface area contributed by atoms with Crippen LogP contribution < -0.4 is 115 Å². The molecule has 0 unspecified atom stereocenters. The largest absolute Gasteiger partial charge is 0.481 e. The number of nitrogens with two attached hydrogens (primary N) is 8. The predicted molar refractivity (Wildman–Crippen MR) is 386 cm³/mol. The number of carboxylic acid groups (broad SMARTS) is 2. The zero-order valence-corrected chi connectivity index (χ0v) is 60.1. The van der Waals surface area contributed by atoms with Crippen LogP contribution in [0.5, 0.6) is 0 Å². The Labute approximate surface area is 632 Å². The minimum Gasteiger partial charge on any atom is -0.481 e. The van der Waals surface area contributed by atoms with E-state index in [9.17, 15) is 101 Å². The Bertz CT molecular complexity index is 3890. The Morgan fingerprint density at radius 1 is 0.369 bits per heavy atom. The number of aromatic nitrogens is 1. The zero-order chi connectivity index (χ0) is 83.0. The van der Waals surface area contributed by atoms with E-state index in [0.29, 0.717) is 22.0 Å². The fourth-order valence-electron chi connectivity index (χ4n) is 10.5. The molecule has 0 aliphatic rings. The standard InChI is InChI=1S/C66H95N23O22/c67-28-52(96)81-43(25-32-7-2-1-3-8-32)64(109)88-41(16-22-50(72)94)62(107)86-39(14-20-48(70)92)60(105)84-37(12-18-46(68)90)58(103)83-38(13-19-47(69)91)59(104)85-40(15-21-49(71)93)61(106)87-42(17-23-51(73)95)63(108)89-44(26-33-29-77-35-10-5-4-9-34(33)35)57(102)79-30-53(97)80-36(11-6-24-76-66(74)75)56(101)78-31-54(98)82-45(65(110)111)27-55(99)100/h1-5,7-10,29,36-45,77H,6,11-28,30-31,67H2,(H2,68,90)(H2,69,91)(H2,70,92)(H2,71,93)(H2,72,94)(H2,73,95)(H,78,101)(H,79,102)(H,80,97)(H,81,96)(H,82,98)(H,83,103)(H,84,105)(H,85,104)(H,86,107)(H,87,106)(H,88,109)(H,89,108)(H,99,100)(H,110,111)(H4,74,75,76)/t36-,37-,38-,39-,40-,41-,42-,43-,44-,45-/m0/s1.